The molecule has 0 spiro atoms. The third kappa shape index (κ3) is 8.32. The Labute approximate surface area is 509 Å². The van der Waals surface area contributed by atoms with Gasteiger partial charge in [-0.3, -0.25) is 0 Å². The average Bonchev–Trinajstić information content (AvgIpc) is 0.842. The molecule has 0 radical (unpaired) electrons. The van der Waals surface area contributed by atoms with Gasteiger partial charge in [-0.15, -0.1) is 0 Å². The summed E-state index contributed by atoms with van der Waals surface area (Å²) in [4.78, 5) is 5.30. The van der Waals surface area contributed by atoms with E-state index in [0.717, 1.165) is 35.5 Å². The lowest BCUT2D eigenvalue weighted by Gasteiger charge is -2.58. The first-order valence-corrected chi connectivity index (χ1v) is 32.8. The molecule has 0 aliphatic heterocycles. The lowest BCUT2D eigenvalue weighted by Crippen LogP contribution is -2.48. The third-order valence-corrected chi connectivity index (χ3v) is 22.7. The second kappa shape index (κ2) is 20.2. The SMILES string of the molecule is CC=C(c1ccccc1)c1ccc(N(c2ccc(C)cc2)c2cc(C34CC5CC(CC(C5)C3)C4)c3c4cccc5c(N(c6ccc(C)cc6)c6ccc(C(=CC)c7ccccc7)cc6)cc(C67CC8CC(CC(C8)C6)C7)c(c6cccc2c63)c54)cc1. The van der Waals surface area contributed by atoms with Gasteiger partial charge in [-0.1, -0.05) is 169 Å². The highest BCUT2D eigenvalue weighted by Crippen LogP contribution is 2.66. The first-order valence-electron chi connectivity index (χ1n) is 32.8. The Morgan fingerprint density at radius 1 is 0.326 bits per heavy atom. The van der Waals surface area contributed by atoms with E-state index >= 15 is 0 Å². The molecule has 11 aromatic carbocycles. The molecule has 8 aliphatic rings. The molecule has 0 N–H and O–H groups in total. The number of benzene rings is 11. The molecule has 2 nitrogen and oxygen atoms in total. The Bertz CT molecular complexity index is 4110. The van der Waals surface area contributed by atoms with Crippen molar-refractivity contribution in [1.29, 1.82) is 0 Å². The van der Waals surface area contributed by atoms with Crippen molar-refractivity contribution in [3.8, 4) is 0 Å². The summed E-state index contributed by atoms with van der Waals surface area (Å²) in [7, 11) is 0. The number of anilines is 6. The van der Waals surface area contributed by atoms with Crippen molar-refractivity contribution in [1.82, 2.24) is 0 Å². The van der Waals surface area contributed by atoms with Gasteiger partial charge in [-0.25, -0.2) is 0 Å². The highest BCUT2D eigenvalue weighted by molar-refractivity contribution is 6.37. The first-order chi connectivity index (χ1) is 42.2. The minimum atomic E-state index is 0.0979. The summed E-state index contributed by atoms with van der Waals surface area (Å²) in [5.74, 6) is 4.76. The largest absolute Gasteiger partial charge is 0.310 e. The van der Waals surface area contributed by atoms with Gasteiger partial charge in [0.25, 0.3) is 0 Å². The van der Waals surface area contributed by atoms with Crippen molar-refractivity contribution in [3.63, 3.8) is 0 Å². The summed E-state index contributed by atoms with van der Waals surface area (Å²) in [6, 6.07) is 80.3. The number of aryl methyl sites for hydroxylation is 2. The maximum Gasteiger partial charge on any atom is 0.0543 e. The molecule has 0 unspecified atom stereocenters. The highest BCUT2D eigenvalue weighted by Gasteiger charge is 2.54. The minimum absolute atomic E-state index is 0.0979. The van der Waals surface area contributed by atoms with Gasteiger partial charge in [0.2, 0.25) is 0 Å². The van der Waals surface area contributed by atoms with Crippen molar-refractivity contribution in [3.05, 3.63) is 263 Å². The standard InChI is InChI=1S/C84H78N2/c1-5-69(61-15-9-7-10-16-61)63-27-35-67(36-28-63)85(65-31-23-53(3)24-32-65)77-45-75(83-47-55-39-56(48-83)41-57(40-55)49-83)81-74-22-14-20-72-78(86(66-33-25-54(4)26-34-66)68-37-29-64(30-38-68)70(6-2)62-17-11-8-12-18-62)46-76(82(80(72)74)73-21-13-19-71(77)79(73)81)84-50-58-42-59(51-84)44-60(43-58)52-84/h5-38,45-46,55-60H,39-44,47-52H2,1-4H3. The summed E-state index contributed by atoms with van der Waals surface area (Å²) in [5, 5.41) is 11.6. The predicted octanol–water partition coefficient (Wildman–Crippen LogP) is 23.1. The van der Waals surface area contributed by atoms with E-state index in [1.165, 1.54) is 199 Å². The molecule has 0 amide bonds. The van der Waals surface area contributed by atoms with Crippen LogP contribution in [0.1, 0.15) is 135 Å². The van der Waals surface area contributed by atoms with Gasteiger partial charge in [-0.2, -0.15) is 0 Å². The zero-order valence-electron chi connectivity index (χ0n) is 50.6. The van der Waals surface area contributed by atoms with Crippen molar-refractivity contribution in [2.24, 2.45) is 35.5 Å². The number of rotatable bonds is 12. The topological polar surface area (TPSA) is 6.48 Å². The van der Waals surface area contributed by atoms with Gasteiger partial charge in [0.05, 0.1) is 11.4 Å². The number of hydrogen-bond acceptors (Lipinski definition) is 2. The molecule has 8 aliphatic carbocycles. The van der Waals surface area contributed by atoms with Gasteiger partial charge in [0.15, 0.2) is 0 Å². The molecule has 2 heteroatoms. The van der Waals surface area contributed by atoms with Gasteiger partial charge in [0.1, 0.15) is 0 Å². The second-order valence-electron chi connectivity index (χ2n) is 28.1. The summed E-state index contributed by atoms with van der Waals surface area (Å²) in [6.07, 6.45) is 20.8. The van der Waals surface area contributed by atoms with Crippen LogP contribution < -0.4 is 9.80 Å². The molecule has 11 aromatic rings. The van der Waals surface area contributed by atoms with Crippen LogP contribution in [-0.4, -0.2) is 0 Å². The molecule has 19 rings (SSSR count). The van der Waals surface area contributed by atoms with Gasteiger partial charge in [-0.05, 0) is 289 Å². The van der Waals surface area contributed by atoms with Gasteiger partial charge < -0.3 is 9.80 Å². The van der Waals surface area contributed by atoms with E-state index in [1.807, 2.05) is 0 Å². The maximum atomic E-state index is 2.78. The van der Waals surface area contributed by atoms with E-state index in [9.17, 15) is 0 Å². The van der Waals surface area contributed by atoms with Crippen LogP contribution in [-0.2, 0) is 10.8 Å². The monoisotopic (exact) mass is 1110 g/mol. The Balaban J connectivity index is 0.965. The van der Waals surface area contributed by atoms with Crippen LogP contribution in [0.25, 0.3) is 54.2 Å². The minimum Gasteiger partial charge on any atom is -0.310 e. The van der Waals surface area contributed by atoms with Crippen LogP contribution in [0.2, 0.25) is 0 Å². The summed E-state index contributed by atoms with van der Waals surface area (Å²) in [5.41, 5.74) is 20.9. The first kappa shape index (κ1) is 52.2. The molecule has 424 valence electrons. The van der Waals surface area contributed by atoms with Gasteiger partial charge in [0, 0.05) is 33.5 Å². The van der Waals surface area contributed by atoms with Crippen molar-refractivity contribution in [2.75, 3.05) is 9.80 Å². The average molecular weight is 1120 g/mol. The fourth-order valence-electron chi connectivity index (χ4n) is 20.0. The smallest absolute Gasteiger partial charge is 0.0543 e. The number of allylic oxidation sites excluding steroid dienone is 2. The van der Waals surface area contributed by atoms with Crippen LogP contribution in [0.5, 0.6) is 0 Å². The Kier molecular flexibility index (Phi) is 12.3. The van der Waals surface area contributed by atoms with Gasteiger partial charge >= 0.3 is 0 Å². The third-order valence-electron chi connectivity index (χ3n) is 22.7. The molecular formula is C84H78N2. The fraction of sp³-hybridized carbons (Fsp3) is 0.286. The Morgan fingerprint density at radius 2 is 0.616 bits per heavy atom. The van der Waals surface area contributed by atoms with E-state index in [0.29, 0.717) is 0 Å². The number of hydrogen-bond donors (Lipinski definition) is 0. The van der Waals surface area contributed by atoms with Crippen molar-refractivity contribution >= 4 is 88.4 Å². The van der Waals surface area contributed by atoms with Crippen LogP contribution in [0, 0.1) is 49.4 Å². The molecular weight excluding hydrogens is 1040 g/mol. The lowest BCUT2D eigenvalue weighted by atomic mass is 9.47. The Morgan fingerprint density at radius 3 is 0.930 bits per heavy atom. The number of nitrogens with zero attached hydrogens (tertiary/aromatic N) is 2. The molecule has 0 heterocycles. The van der Waals surface area contributed by atoms with Crippen molar-refractivity contribution in [2.45, 2.75) is 116 Å². The van der Waals surface area contributed by atoms with Crippen molar-refractivity contribution < 1.29 is 0 Å². The lowest BCUT2D eigenvalue weighted by molar-refractivity contribution is -0.00461. The second-order valence-corrected chi connectivity index (χ2v) is 28.1. The maximum absolute atomic E-state index is 2.78. The number of fused-ring (bicyclic) bond motifs is 2. The summed E-state index contributed by atoms with van der Waals surface area (Å²) >= 11 is 0. The van der Waals surface area contributed by atoms with E-state index in [1.54, 1.807) is 11.1 Å². The summed E-state index contributed by atoms with van der Waals surface area (Å²) < 4.78 is 0. The highest BCUT2D eigenvalue weighted by atomic mass is 15.2. The summed E-state index contributed by atoms with van der Waals surface area (Å²) in [6.45, 7) is 8.81. The van der Waals surface area contributed by atoms with Crippen LogP contribution in [0.3, 0.4) is 0 Å². The van der Waals surface area contributed by atoms with E-state index in [4.69, 9.17) is 0 Å². The molecule has 8 saturated carbocycles. The molecule has 0 aromatic heterocycles. The van der Waals surface area contributed by atoms with Crippen LogP contribution >= 0.6 is 0 Å². The molecule has 0 saturated heterocycles. The zero-order valence-corrected chi connectivity index (χ0v) is 50.6. The van der Waals surface area contributed by atoms with Crippen LogP contribution in [0.15, 0.2) is 218 Å². The quantitative estimate of drug-likeness (QED) is 0.0889. The normalized spacial score (nSPS) is 24.9. The Hall–Kier alpha value is -8.20. The van der Waals surface area contributed by atoms with E-state index < -0.39 is 0 Å². The molecule has 8 bridgehead atoms. The zero-order chi connectivity index (χ0) is 57.4. The van der Waals surface area contributed by atoms with E-state index in [2.05, 4.69) is 256 Å². The molecule has 86 heavy (non-hydrogen) atoms. The predicted molar refractivity (Wildman–Crippen MR) is 365 cm³/mol. The molecule has 0 atom stereocenters. The molecule has 8 fully saturated rings. The van der Waals surface area contributed by atoms with E-state index in [-0.39, 0.29) is 10.8 Å². The fourth-order valence-corrected chi connectivity index (χ4v) is 20.0. The van der Waals surface area contributed by atoms with Crippen LogP contribution in [0.4, 0.5) is 34.1 Å².